The molecule has 2 unspecified atom stereocenters. The number of likely N-dealkylation sites (tertiary alicyclic amines) is 1. The van der Waals surface area contributed by atoms with Crippen molar-refractivity contribution < 1.29 is 47.3 Å². The number of amides is 5. The van der Waals surface area contributed by atoms with Crippen LogP contribution in [0.15, 0.2) is 0 Å². The summed E-state index contributed by atoms with van der Waals surface area (Å²) in [6.07, 6.45) is 0.147. The maximum absolute atomic E-state index is 12.7. The molecule has 3 fully saturated rings. The van der Waals surface area contributed by atoms with Gasteiger partial charge >= 0.3 is 12.0 Å². The van der Waals surface area contributed by atoms with Gasteiger partial charge in [0.1, 0.15) is 5.25 Å². The maximum atomic E-state index is 12.7. The molecule has 5 atom stereocenters. The topological polar surface area (TPSA) is 211 Å². The molecule has 0 aromatic heterocycles. The van der Waals surface area contributed by atoms with Crippen LogP contribution in [0.4, 0.5) is 4.79 Å². The molecule has 202 valence electrons. The Hall–Kier alpha value is -2.43. The van der Waals surface area contributed by atoms with E-state index in [0.29, 0.717) is 23.7 Å². The highest BCUT2D eigenvalue weighted by atomic mass is 32.2. The molecular weight excluding hydrogens is 520 g/mol. The van der Waals surface area contributed by atoms with Crippen LogP contribution in [0.25, 0.3) is 0 Å². The first kappa shape index (κ1) is 28.1. The summed E-state index contributed by atoms with van der Waals surface area (Å²) in [6, 6.07) is -1.89. The van der Waals surface area contributed by atoms with E-state index in [1.54, 1.807) is 0 Å². The van der Waals surface area contributed by atoms with Gasteiger partial charge < -0.3 is 15.7 Å². The second kappa shape index (κ2) is 10.9. The SMILES string of the molecule is CCCCCC(=O)NC(C(=O)O)(C(CC[C@@H]1SC[C@H]2[C@@H]1NC(=O)N2O)S(=O)(=O)O)N1C(=O)CCC1=O. The number of aliphatic carboxylic acids is 1. The lowest BCUT2D eigenvalue weighted by atomic mass is 9.95. The number of thioether (sulfide) groups is 1. The Labute approximate surface area is 211 Å². The van der Waals surface area contributed by atoms with E-state index >= 15 is 0 Å². The molecule has 0 saturated carbocycles. The number of carboxylic acids is 1. The van der Waals surface area contributed by atoms with E-state index < -0.39 is 74.5 Å². The highest BCUT2D eigenvalue weighted by Gasteiger charge is 2.62. The van der Waals surface area contributed by atoms with Crippen LogP contribution >= 0.6 is 11.8 Å². The van der Waals surface area contributed by atoms with Crippen molar-refractivity contribution in [2.45, 2.75) is 86.5 Å². The summed E-state index contributed by atoms with van der Waals surface area (Å²) in [6.45, 7) is 1.88. The first-order chi connectivity index (χ1) is 16.8. The average molecular weight is 551 g/mol. The monoisotopic (exact) mass is 550 g/mol. The fourth-order valence-electron chi connectivity index (χ4n) is 4.95. The number of carboxylic acid groups (broad SMARTS) is 1. The van der Waals surface area contributed by atoms with Crippen LogP contribution < -0.4 is 10.6 Å². The van der Waals surface area contributed by atoms with Crippen molar-refractivity contribution in [2.75, 3.05) is 5.75 Å². The van der Waals surface area contributed by atoms with E-state index in [1.165, 1.54) is 11.8 Å². The van der Waals surface area contributed by atoms with Gasteiger partial charge in [-0.3, -0.25) is 24.1 Å². The molecule has 14 nitrogen and oxygen atoms in total. The van der Waals surface area contributed by atoms with Gasteiger partial charge in [0.25, 0.3) is 10.1 Å². The van der Waals surface area contributed by atoms with Gasteiger partial charge in [0.2, 0.25) is 23.4 Å². The first-order valence-corrected chi connectivity index (χ1v) is 14.2. The zero-order valence-corrected chi connectivity index (χ0v) is 21.2. The fourth-order valence-corrected chi connectivity index (χ4v) is 7.63. The third kappa shape index (κ3) is 5.31. The van der Waals surface area contributed by atoms with Crippen molar-refractivity contribution in [2.24, 2.45) is 0 Å². The van der Waals surface area contributed by atoms with E-state index in [4.69, 9.17) is 0 Å². The lowest BCUT2D eigenvalue weighted by molar-refractivity contribution is -0.167. The first-order valence-electron chi connectivity index (χ1n) is 11.6. The van der Waals surface area contributed by atoms with Crippen LogP contribution in [0.3, 0.4) is 0 Å². The number of unbranched alkanes of at least 4 members (excludes halogenated alkanes) is 2. The molecule has 5 N–H and O–H groups in total. The van der Waals surface area contributed by atoms with Gasteiger partial charge in [-0.05, 0) is 19.3 Å². The Morgan fingerprint density at radius 3 is 2.42 bits per heavy atom. The molecule has 3 rings (SSSR count). The summed E-state index contributed by atoms with van der Waals surface area (Å²) in [5.74, 6) is -4.52. The normalized spacial score (nSPS) is 26.5. The van der Waals surface area contributed by atoms with Crippen LogP contribution in [-0.4, -0.2) is 97.0 Å². The summed E-state index contributed by atoms with van der Waals surface area (Å²) in [7, 11) is -5.26. The quantitative estimate of drug-likeness (QED) is 0.0713. The van der Waals surface area contributed by atoms with Gasteiger partial charge in [0.15, 0.2) is 0 Å². The fraction of sp³-hybridized carbons (Fsp3) is 0.750. The molecule has 0 bridgehead atoms. The second-order valence-corrected chi connectivity index (χ2v) is 11.9. The van der Waals surface area contributed by atoms with Crippen LogP contribution in [0, 0.1) is 0 Å². The van der Waals surface area contributed by atoms with Gasteiger partial charge in [-0.1, -0.05) is 19.8 Å². The summed E-state index contributed by atoms with van der Waals surface area (Å²) < 4.78 is 35.3. The molecule has 3 aliphatic rings. The molecule has 3 aliphatic heterocycles. The third-order valence-electron chi connectivity index (χ3n) is 6.72. The number of hydrogen-bond donors (Lipinski definition) is 5. The number of rotatable bonds is 12. The summed E-state index contributed by atoms with van der Waals surface area (Å²) >= 11 is 1.30. The molecule has 3 heterocycles. The van der Waals surface area contributed by atoms with E-state index in [2.05, 4.69) is 10.6 Å². The molecule has 5 amide bonds. The molecule has 3 saturated heterocycles. The average Bonchev–Trinajstić information content (AvgIpc) is 3.42. The number of imide groups is 1. The molecule has 0 aromatic carbocycles. The minimum Gasteiger partial charge on any atom is -0.478 e. The van der Waals surface area contributed by atoms with Gasteiger partial charge in [0.05, 0.1) is 12.1 Å². The van der Waals surface area contributed by atoms with Crippen molar-refractivity contribution in [3.05, 3.63) is 0 Å². The smallest absolute Gasteiger partial charge is 0.352 e. The van der Waals surface area contributed by atoms with E-state index in [-0.39, 0.29) is 30.6 Å². The van der Waals surface area contributed by atoms with Crippen molar-refractivity contribution in [1.29, 1.82) is 0 Å². The van der Waals surface area contributed by atoms with Crippen molar-refractivity contribution >= 4 is 51.6 Å². The van der Waals surface area contributed by atoms with Crippen molar-refractivity contribution in [1.82, 2.24) is 20.6 Å². The van der Waals surface area contributed by atoms with Gasteiger partial charge in [0, 0.05) is 30.3 Å². The van der Waals surface area contributed by atoms with Crippen LogP contribution in [0.2, 0.25) is 0 Å². The second-order valence-electron chi connectivity index (χ2n) is 9.04. The van der Waals surface area contributed by atoms with Crippen molar-refractivity contribution in [3.8, 4) is 0 Å². The Morgan fingerprint density at radius 2 is 1.86 bits per heavy atom. The molecule has 36 heavy (non-hydrogen) atoms. The third-order valence-corrected chi connectivity index (χ3v) is 9.50. The predicted molar refractivity (Wildman–Crippen MR) is 124 cm³/mol. The molecule has 0 spiro atoms. The number of urea groups is 1. The van der Waals surface area contributed by atoms with Crippen molar-refractivity contribution in [3.63, 3.8) is 0 Å². The Bertz CT molecular complexity index is 1020. The zero-order chi connectivity index (χ0) is 26.8. The standard InChI is InChI=1S/C20H30N4O10S2/c1-2-3-4-5-14(25)22-20(18(28)29,23-15(26)8-9-16(23)27)13(36(32,33)34)7-6-12-17-11(10-35-12)24(31)19(30)21-17/h11-13,17,31H,2-10H2,1H3,(H,21,30)(H,22,25)(H,28,29)(H,32,33,34)/t11-,12-,13?,17-,20?/m0/s1. The molecule has 0 aromatic rings. The van der Waals surface area contributed by atoms with E-state index in [9.17, 15) is 47.3 Å². The molecular formula is C20H30N4O10S2. The number of carbonyl (C=O) groups is 5. The van der Waals surface area contributed by atoms with Crippen LogP contribution in [-0.2, 0) is 29.3 Å². The van der Waals surface area contributed by atoms with Gasteiger partial charge in [-0.2, -0.15) is 20.2 Å². The summed E-state index contributed by atoms with van der Waals surface area (Å²) in [5, 5.41) is 22.6. The number of hydroxylamine groups is 2. The Morgan fingerprint density at radius 1 is 1.22 bits per heavy atom. The number of nitrogens with zero attached hydrogens (tertiary/aromatic N) is 2. The lowest BCUT2D eigenvalue weighted by Gasteiger charge is -2.41. The zero-order valence-electron chi connectivity index (χ0n) is 19.6. The highest BCUT2D eigenvalue weighted by Crippen LogP contribution is 2.39. The number of nitrogens with one attached hydrogen (secondary N) is 2. The largest absolute Gasteiger partial charge is 0.478 e. The highest BCUT2D eigenvalue weighted by molar-refractivity contribution is 8.00. The number of fused-ring (bicyclic) bond motifs is 1. The number of hydrogen-bond acceptors (Lipinski definition) is 9. The summed E-state index contributed by atoms with van der Waals surface area (Å²) in [4.78, 5) is 62.7. The van der Waals surface area contributed by atoms with Crippen LogP contribution in [0.5, 0.6) is 0 Å². The Balaban J connectivity index is 1.97. The van der Waals surface area contributed by atoms with E-state index in [1.807, 2.05) is 6.92 Å². The molecule has 0 radical (unpaired) electrons. The molecule has 16 heteroatoms. The maximum Gasteiger partial charge on any atom is 0.352 e. The van der Waals surface area contributed by atoms with Gasteiger partial charge in [-0.25, -0.2) is 19.6 Å². The van der Waals surface area contributed by atoms with Gasteiger partial charge in [-0.15, -0.1) is 0 Å². The Kier molecular flexibility index (Phi) is 8.52. The van der Waals surface area contributed by atoms with Crippen LogP contribution in [0.1, 0.15) is 58.3 Å². The molecule has 0 aliphatic carbocycles. The lowest BCUT2D eigenvalue weighted by Crippen LogP contribution is -2.74. The summed E-state index contributed by atoms with van der Waals surface area (Å²) in [5.41, 5.74) is -3.06. The predicted octanol–water partition coefficient (Wildman–Crippen LogP) is -0.0836. The minimum atomic E-state index is -5.26. The minimum absolute atomic E-state index is 0.0820. The van der Waals surface area contributed by atoms with E-state index in [0.717, 1.165) is 6.42 Å². The number of carbonyl (C=O) groups excluding carboxylic acids is 4.